The van der Waals surface area contributed by atoms with Crippen LogP contribution in [0.4, 0.5) is 0 Å². The Balaban J connectivity index is 1.38. The molecule has 0 spiro atoms. The molecule has 0 unspecified atom stereocenters. The maximum absolute atomic E-state index is 12.8. The van der Waals surface area contributed by atoms with Crippen LogP contribution in [0.2, 0.25) is 0 Å². The van der Waals surface area contributed by atoms with Gasteiger partial charge in [-0.1, -0.05) is 0 Å². The number of hydrogen-bond acceptors (Lipinski definition) is 15. The largest absolute Gasteiger partial charge is 0.504 e. The maximum atomic E-state index is 12.8. The van der Waals surface area contributed by atoms with Crippen LogP contribution in [0.1, 0.15) is 6.92 Å². The molecule has 10 atom stereocenters. The first kappa shape index (κ1) is 30.9. The van der Waals surface area contributed by atoms with Crippen molar-refractivity contribution in [3.05, 3.63) is 46.6 Å². The van der Waals surface area contributed by atoms with Gasteiger partial charge in [0, 0.05) is 17.7 Å². The van der Waals surface area contributed by atoms with Crippen LogP contribution in [0.15, 0.2) is 45.6 Å². The van der Waals surface area contributed by atoms with E-state index in [1.165, 1.54) is 14.0 Å². The van der Waals surface area contributed by atoms with Crippen LogP contribution in [0.25, 0.3) is 22.3 Å². The minimum Gasteiger partial charge on any atom is -0.504 e. The van der Waals surface area contributed by atoms with E-state index < -0.39 is 90.7 Å². The van der Waals surface area contributed by atoms with Gasteiger partial charge >= 0.3 is 0 Å². The van der Waals surface area contributed by atoms with E-state index in [9.17, 15) is 45.6 Å². The van der Waals surface area contributed by atoms with E-state index in [-0.39, 0.29) is 16.7 Å². The summed E-state index contributed by atoms with van der Waals surface area (Å²) in [5, 5.41) is 82.4. The second-order valence-electron chi connectivity index (χ2n) is 10.3. The number of aliphatic hydroxyl groups excluding tert-OH is 6. The zero-order valence-corrected chi connectivity index (χ0v) is 22.9. The molecule has 3 aromatic rings. The fraction of sp³-hybridized carbons (Fsp3) is 0.464. The number of aromatic hydroxyl groups is 2. The molecule has 0 amide bonds. The average Bonchev–Trinajstić information content (AvgIpc) is 3.00. The summed E-state index contributed by atoms with van der Waals surface area (Å²) < 4.78 is 32.9. The van der Waals surface area contributed by atoms with Gasteiger partial charge in [-0.25, -0.2) is 0 Å². The highest BCUT2D eigenvalue weighted by atomic mass is 16.7. The summed E-state index contributed by atoms with van der Waals surface area (Å²) in [6.45, 7) is 0.899. The molecule has 0 aliphatic carbocycles. The molecule has 0 saturated carbocycles. The number of benzene rings is 2. The van der Waals surface area contributed by atoms with Gasteiger partial charge in [-0.05, 0) is 31.2 Å². The number of phenolic OH excluding ortho intramolecular Hbond substituents is 2. The Morgan fingerprint density at radius 1 is 0.791 bits per heavy atom. The van der Waals surface area contributed by atoms with Crippen LogP contribution < -0.4 is 14.9 Å². The van der Waals surface area contributed by atoms with E-state index in [2.05, 4.69) is 0 Å². The SMILES string of the molecule is COc1ccc(-c2cc(=O)c3c(O)c(O)c(O[C@@H]4O[C@H](CO[C@@H]5O[C@@H](C)[C@H](O)[C@@H](O)[C@H]5O)[C@@H](O)[C@H](O)[C@H]4O)cc3o2)cc1. The minimum atomic E-state index is -1.87. The molecule has 1 aromatic heterocycles. The Morgan fingerprint density at radius 2 is 1.44 bits per heavy atom. The van der Waals surface area contributed by atoms with E-state index >= 15 is 0 Å². The van der Waals surface area contributed by atoms with Crippen molar-refractivity contribution in [3.63, 3.8) is 0 Å². The van der Waals surface area contributed by atoms with Crippen molar-refractivity contribution in [2.45, 2.75) is 68.3 Å². The van der Waals surface area contributed by atoms with Gasteiger partial charge in [-0.3, -0.25) is 4.79 Å². The molecule has 0 radical (unpaired) electrons. The van der Waals surface area contributed by atoms with E-state index in [1.807, 2.05) is 0 Å². The van der Waals surface area contributed by atoms with Gasteiger partial charge in [0.15, 0.2) is 23.2 Å². The number of fused-ring (bicyclic) bond motifs is 1. The summed E-state index contributed by atoms with van der Waals surface area (Å²) in [6, 6.07) is 8.80. The number of methoxy groups -OCH3 is 1. The lowest BCUT2D eigenvalue weighted by Crippen LogP contribution is -2.61. The van der Waals surface area contributed by atoms with Gasteiger partial charge in [0.1, 0.15) is 65.2 Å². The molecule has 2 fully saturated rings. The standard InChI is InChI=1S/C28H32O15/c1-10-19(30)23(34)25(36)27(40-10)39-9-17-21(32)24(35)26(37)28(43-17)42-16-8-15-18(22(33)20(16)31)13(29)7-14(41-15)11-3-5-12(38-2)6-4-11/h3-8,10,17,19,21,23-28,30-37H,9H2,1-2H3/t10-,17+,19-,21+,23+,24-,25+,26+,27+,28+/m0/s1. The highest BCUT2D eigenvalue weighted by molar-refractivity contribution is 5.89. The third-order valence-corrected chi connectivity index (χ3v) is 7.45. The van der Waals surface area contributed by atoms with Gasteiger partial charge in [-0.15, -0.1) is 0 Å². The predicted octanol–water partition coefficient (Wildman–Crippen LogP) is -1.09. The smallest absolute Gasteiger partial charge is 0.229 e. The summed E-state index contributed by atoms with van der Waals surface area (Å²) in [7, 11) is 1.50. The summed E-state index contributed by atoms with van der Waals surface area (Å²) in [6.07, 6.45) is -15.5. The number of hydrogen-bond donors (Lipinski definition) is 8. The van der Waals surface area contributed by atoms with E-state index in [1.54, 1.807) is 24.3 Å². The van der Waals surface area contributed by atoms with Crippen molar-refractivity contribution in [3.8, 4) is 34.3 Å². The van der Waals surface area contributed by atoms with Crippen LogP contribution in [0.5, 0.6) is 23.0 Å². The van der Waals surface area contributed by atoms with Gasteiger partial charge in [0.2, 0.25) is 12.0 Å². The molecule has 5 rings (SSSR count). The number of phenols is 2. The Kier molecular flexibility index (Phi) is 8.80. The van der Waals surface area contributed by atoms with Gasteiger partial charge in [0.05, 0.1) is 19.8 Å². The van der Waals surface area contributed by atoms with Crippen molar-refractivity contribution in [1.82, 2.24) is 0 Å². The quantitative estimate of drug-likeness (QED) is 0.149. The Morgan fingerprint density at radius 3 is 2.12 bits per heavy atom. The van der Waals surface area contributed by atoms with Crippen molar-refractivity contribution < 1.29 is 69.0 Å². The summed E-state index contributed by atoms with van der Waals surface area (Å²) in [5.41, 5.74) is -0.354. The first-order chi connectivity index (χ1) is 20.4. The molecule has 2 aromatic carbocycles. The van der Waals surface area contributed by atoms with Crippen LogP contribution in [-0.2, 0) is 14.2 Å². The lowest BCUT2D eigenvalue weighted by atomic mass is 9.98. The minimum absolute atomic E-state index is 0.125. The van der Waals surface area contributed by atoms with E-state index in [4.69, 9.17) is 28.1 Å². The molecule has 15 nitrogen and oxygen atoms in total. The normalized spacial score (nSPS) is 32.9. The highest BCUT2D eigenvalue weighted by Gasteiger charge is 2.47. The summed E-state index contributed by atoms with van der Waals surface area (Å²) in [5.74, 6) is -1.56. The molecular weight excluding hydrogens is 576 g/mol. The fourth-order valence-electron chi connectivity index (χ4n) is 4.87. The molecule has 2 saturated heterocycles. The third-order valence-electron chi connectivity index (χ3n) is 7.45. The number of ether oxygens (including phenoxy) is 5. The Labute approximate surface area is 243 Å². The van der Waals surface area contributed by atoms with Crippen molar-refractivity contribution in [2.75, 3.05) is 13.7 Å². The zero-order chi connectivity index (χ0) is 31.2. The first-order valence-electron chi connectivity index (χ1n) is 13.3. The molecule has 3 heterocycles. The van der Waals surface area contributed by atoms with Crippen LogP contribution in [0, 0.1) is 0 Å². The number of aliphatic hydroxyl groups is 6. The van der Waals surface area contributed by atoms with Crippen LogP contribution in [0.3, 0.4) is 0 Å². The molecule has 8 N–H and O–H groups in total. The van der Waals surface area contributed by atoms with Crippen LogP contribution >= 0.6 is 0 Å². The molecular formula is C28H32O15. The summed E-state index contributed by atoms with van der Waals surface area (Å²) >= 11 is 0. The van der Waals surface area contributed by atoms with E-state index in [0.29, 0.717) is 11.3 Å². The van der Waals surface area contributed by atoms with Crippen molar-refractivity contribution in [2.24, 2.45) is 0 Å². The monoisotopic (exact) mass is 608 g/mol. The first-order valence-corrected chi connectivity index (χ1v) is 13.3. The maximum Gasteiger partial charge on any atom is 0.229 e. The molecule has 234 valence electrons. The molecule has 2 aliphatic heterocycles. The molecule has 15 heteroatoms. The number of rotatable bonds is 7. The molecule has 43 heavy (non-hydrogen) atoms. The molecule has 0 bridgehead atoms. The lowest BCUT2D eigenvalue weighted by molar-refractivity contribution is -0.318. The van der Waals surface area contributed by atoms with Gasteiger partial charge in [0.25, 0.3) is 0 Å². The Bertz CT molecular complexity index is 1490. The lowest BCUT2D eigenvalue weighted by Gasteiger charge is -2.42. The summed E-state index contributed by atoms with van der Waals surface area (Å²) in [4.78, 5) is 12.8. The van der Waals surface area contributed by atoms with Crippen LogP contribution in [-0.4, -0.2) is 116 Å². The van der Waals surface area contributed by atoms with Crippen molar-refractivity contribution >= 4 is 11.0 Å². The third kappa shape index (κ3) is 5.86. The topological polar surface area (TPSA) is 238 Å². The highest BCUT2D eigenvalue weighted by Crippen LogP contribution is 2.42. The van der Waals surface area contributed by atoms with Crippen molar-refractivity contribution in [1.29, 1.82) is 0 Å². The fourth-order valence-corrected chi connectivity index (χ4v) is 4.87. The second kappa shape index (κ2) is 12.2. The van der Waals surface area contributed by atoms with Gasteiger partial charge in [-0.2, -0.15) is 0 Å². The average molecular weight is 609 g/mol. The predicted molar refractivity (Wildman–Crippen MR) is 143 cm³/mol. The second-order valence-corrected chi connectivity index (χ2v) is 10.3. The van der Waals surface area contributed by atoms with Gasteiger partial charge < -0.3 is 69.0 Å². The Hall–Kier alpha value is -3.51. The zero-order valence-electron chi connectivity index (χ0n) is 22.9. The molecule has 2 aliphatic rings. The van der Waals surface area contributed by atoms with E-state index in [0.717, 1.165) is 12.1 Å².